The molecular formula is C14H16FN3. The first-order valence-electron chi connectivity index (χ1n) is 5.91. The van der Waals surface area contributed by atoms with E-state index in [-0.39, 0.29) is 5.82 Å². The summed E-state index contributed by atoms with van der Waals surface area (Å²) in [6.07, 6.45) is 0.839. The van der Waals surface area contributed by atoms with Crippen molar-refractivity contribution in [1.29, 1.82) is 0 Å². The van der Waals surface area contributed by atoms with Gasteiger partial charge in [0.2, 0.25) is 0 Å². The number of nitrogens with zero attached hydrogens (tertiary/aromatic N) is 1. The molecule has 0 unspecified atom stereocenters. The Hall–Kier alpha value is -2.10. The predicted octanol–water partition coefficient (Wildman–Crippen LogP) is 2.92. The first kappa shape index (κ1) is 12.4. The van der Waals surface area contributed by atoms with Gasteiger partial charge in [0.15, 0.2) is 0 Å². The molecule has 2 rings (SSSR count). The van der Waals surface area contributed by atoms with Crippen molar-refractivity contribution in [3.63, 3.8) is 0 Å². The summed E-state index contributed by atoms with van der Waals surface area (Å²) in [6.45, 7) is 0.770. The van der Waals surface area contributed by atoms with Gasteiger partial charge in [0.05, 0.1) is 0 Å². The lowest BCUT2D eigenvalue weighted by molar-refractivity contribution is 0.627. The Morgan fingerprint density at radius 1 is 1.06 bits per heavy atom. The number of rotatable bonds is 5. The standard InChI is InChI=1S/C14H16FN3/c1-16-13-3-2-4-14(18-13)17-10-9-11-5-7-12(15)8-6-11/h2-8H,9-10H2,1H3,(H2,16,17,18). The van der Waals surface area contributed by atoms with E-state index in [9.17, 15) is 4.39 Å². The number of hydrogen-bond donors (Lipinski definition) is 2. The topological polar surface area (TPSA) is 37.0 Å². The van der Waals surface area contributed by atoms with Crippen molar-refractivity contribution in [2.24, 2.45) is 0 Å². The lowest BCUT2D eigenvalue weighted by Crippen LogP contribution is -2.07. The smallest absolute Gasteiger partial charge is 0.128 e. The second-order valence-electron chi connectivity index (χ2n) is 3.96. The van der Waals surface area contributed by atoms with Gasteiger partial charge in [-0.15, -0.1) is 0 Å². The van der Waals surface area contributed by atoms with Crippen molar-refractivity contribution in [2.45, 2.75) is 6.42 Å². The molecule has 1 heterocycles. The maximum atomic E-state index is 12.7. The summed E-state index contributed by atoms with van der Waals surface area (Å²) in [7, 11) is 1.84. The van der Waals surface area contributed by atoms with Crippen LogP contribution in [0.1, 0.15) is 5.56 Å². The predicted molar refractivity (Wildman–Crippen MR) is 72.4 cm³/mol. The summed E-state index contributed by atoms with van der Waals surface area (Å²) < 4.78 is 12.7. The van der Waals surface area contributed by atoms with E-state index in [1.807, 2.05) is 25.2 Å². The molecule has 0 saturated carbocycles. The van der Waals surface area contributed by atoms with Crippen LogP contribution in [0, 0.1) is 5.82 Å². The van der Waals surface area contributed by atoms with E-state index in [2.05, 4.69) is 15.6 Å². The van der Waals surface area contributed by atoms with Crippen molar-refractivity contribution in [1.82, 2.24) is 4.98 Å². The van der Waals surface area contributed by atoms with Crippen LogP contribution < -0.4 is 10.6 Å². The molecule has 0 spiro atoms. The fraction of sp³-hybridized carbons (Fsp3) is 0.214. The maximum absolute atomic E-state index is 12.7. The zero-order valence-electron chi connectivity index (χ0n) is 10.3. The minimum Gasteiger partial charge on any atom is -0.373 e. The molecule has 3 nitrogen and oxygen atoms in total. The molecule has 1 aromatic heterocycles. The molecule has 2 aromatic rings. The van der Waals surface area contributed by atoms with Gasteiger partial charge in [0.25, 0.3) is 0 Å². The number of nitrogens with one attached hydrogen (secondary N) is 2. The molecule has 0 aliphatic rings. The zero-order chi connectivity index (χ0) is 12.8. The van der Waals surface area contributed by atoms with E-state index in [1.165, 1.54) is 12.1 Å². The average Bonchev–Trinajstić information content (AvgIpc) is 2.41. The van der Waals surface area contributed by atoms with Gasteiger partial charge >= 0.3 is 0 Å². The highest BCUT2D eigenvalue weighted by molar-refractivity contribution is 5.44. The van der Waals surface area contributed by atoms with Gasteiger partial charge in [-0.1, -0.05) is 18.2 Å². The maximum Gasteiger partial charge on any atom is 0.128 e. The van der Waals surface area contributed by atoms with Crippen LogP contribution in [-0.4, -0.2) is 18.6 Å². The highest BCUT2D eigenvalue weighted by Gasteiger charge is 1.97. The normalized spacial score (nSPS) is 10.1. The largest absolute Gasteiger partial charge is 0.373 e. The van der Waals surface area contributed by atoms with E-state index < -0.39 is 0 Å². The number of halogens is 1. The molecule has 0 aliphatic carbocycles. The molecule has 0 bridgehead atoms. The average molecular weight is 245 g/mol. The zero-order valence-corrected chi connectivity index (χ0v) is 10.3. The van der Waals surface area contributed by atoms with Crippen molar-refractivity contribution in [3.8, 4) is 0 Å². The number of aromatic nitrogens is 1. The first-order valence-corrected chi connectivity index (χ1v) is 5.91. The Bertz CT molecular complexity index is 497. The molecule has 4 heteroatoms. The number of pyridine rings is 1. The molecular weight excluding hydrogens is 229 g/mol. The van der Waals surface area contributed by atoms with Gasteiger partial charge in [0.1, 0.15) is 17.5 Å². The number of hydrogen-bond acceptors (Lipinski definition) is 3. The Kier molecular flexibility index (Phi) is 4.12. The van der Waals surface area contributed by atoms with Crippen LogP contribution in [-0.2, 0) is 6.42 Å². The van der Waals surface area contributed by atoms with E-state index in [1.54, 1.807) is 12.1 Å². The highest BCUT2D eigenvalue weighted by atomic mass is 19.1. The second-order valence-corrected chi connectivity index (χ2v) is 3.96. The van der Waals surface area contributed by atoms with E-state index in [0.717, 1.165) is 30.2 Å². The van der Waals surface area contributed by atoms with Crippen LogP contribution in [0.4, 0.5) is 16.0 Å². The van der Waals surface area contributed by atoms with Gasteiger partial charge in [-0.25, -0.2) is 9.37 Å². The molecule has 18 heavy (non-hydrogen) atoms. The van der Waals surface area contributed by atoms with Gasteiger partial charge in [-0.2, -0.15) is 0 Å². The van der Waals surface area contributed by atoms with Crippen LogP contribution in [0.3, 0.4) is 0 Å². The summed E-state index contributed by atoms with van der Waals surface area (Å²) in [6, 6.07) is 12.3. The fourth-order valence-electron chi connectivity index (χ4n) is 1.66. The van der Waals surface area contributed by atoms with Crippen LogP contribution in [0.15, 0.2) is 42.5 Å². The Balaban J connectivity index is 1.86. The third kappa shape index (κ3) is 3.45. The lowest BCUT2D eigenvalue weighted by atomic mass is 10.1. The first-order chi connectivity index (χ1) is 8.78. The molecule has 94 valence electrons. The minimum atomic E-state index is -0.199. The SMILES string of the molecule is CNc1cccc(NCCc2ccc(F)cc2)n1. The Morgan fingerprint density at radius 2 is 1.78 bits per heavy atom. The summed E-state index contributed by atoms with van der Waals surface area (Å²) in [4.78, 5) is 4.35. The van der Waals surface area contributed by atoms with Crippen LogP contribution >= 0.6 is 0 Å². The molecule has 1 aromatic carbocycles. The Labute approximate surface area is 106 Å². The van der Waals surface area contributed by atoms with Gasteiger partial charge in [0, 0.05) is 13.6 Å². The summed E-state index contributed by atoms with van der Waals surface area (Å²) in [5.74, 6) is 1.47. The van der Waals surface area contributed by atoms with E-state index in [0.29, 0.717) is 0 Å². The fourth-order valence-corrected chi connectivity index (χ4v) is 1.66. The van der Waals surface area contributed by atoms with Crippen molar-refractivity contribution < 1.29 is 4.39 Å². The number of anilines is 2. The second kappa shape index (κ2) is 6.00. The van der Waals surface area contributed by atoms with Gasteiger partial charge in [-0.3, -0.25) is 0 Å². The highest BCUT2D eigenvalue weighted by Crippen LogP contribution is 2.09. The third-order valence-corrected chi connectivity index (χ3v) is 2.64. The van der Waals surface area contributed by atoms with E-state index in [4.69, 9.17) is 0 Å². The molecule has 0 aliphatic heterocycles. The van der Waals surface area contributed by atoms with Gasteiger partial charge < -0.3 is 10.6 Å². The Morgan fingerprint density at radius 3 is 2.50 bits per heavy atom. The van der Waals surface area contributed by atoms with Crippen molar-refractivity contribution in [3.05, 3.63) is 53.8 Å². The molecule has 0 fully saturated rings. The van der Waals surface area contributed by atoms with Crippen molar-refractivity contribution >= 4 is 11.6 Å². The summed E-state index contributed by atoms with van der Waals surface area (Å²) >= 11 is 0. The number of benzene rings is 1. The lowest BCUT2D eigenvalue weighted by Gasteiger charge is -2.07. The summed E-state index contributed by atoms with van der Waals surface area (Å²) in [5, 5.41) is 6.23. The van der Waals surface area contributed by atoms with E-state index >= 15 is 0 Å². The molecule has 2 N–H and O–H groups in total. The van der Waals surface area contributed by atoms with Gasteiger partial charge in [-0.05, 0) is 36.2 Å². The molecule has 0 atom stereocenters. The van der Waals surface area contributed by atoms with Crippen LogP contribution in [0.25, 0.3) is 0 Å². The van der Waals surface area contributed by atoms with Crippen LogP contribution in [0.2, 0.25) is 0 Å². The summed E-state index contributed by atoms with van der Waals surface area (Å²) in [5.41, 5.74) is 1.11. The quantitative estimate of drug-likeness (QED) is 0.850. The molecule has 0 saturated heterocycles. The van der Waals surface area contributed by atoms with Crippen LogP contribution in [0.5, 0.6) is 0 Å². The van der Waals surface area contributed by atoms with Crippen molar-refractivity contribution in [2.75, 3.05) is 24.2 Å². The molecule has 0 amide bonds. The molecule has 0 radical (unpaired) electrons. The minimum absolute atomic E-state index is 0.199. The monoisotopic (exact) mass is 245 g/mol. The third-order valence-electron chi connectivity index (χ3n) is 2.64.